The minimum absolute atomic E-state index is 0.242. The van der Waals surface area contributed by atoms with Crippen LogP contribution in [-0.4, -0.2) is 16.1 Å². The number of thiazole rings is 1. The van der Waals surface area contributed by atoms with E-state index in [1.807, 2.05) is 11.4 Å². The lowest BCUT2D eigenvalue weighted by atomic mass is 10.2. The predicted octanol–water partition coefficient (Wildman–Crippen LogP) is 5.56. The fourth-order valence-electron chi connectivity index (χ4n) is 1.94. The highest BCUT2D eigenvalue weighted by atomic mass is 35.5. The van der Waals surface area contributed by atoms with Gasteiger partial charge in [0, 0.05) is 16.6 Å². The highest BCUT2D eigenvalue weighted by Gasteiger charge is 2.08. The number of carboxylic acid groups (broad SMARTS) is 1. The summed E-state index contributed by atoms with van der Waals surface area (Å²) in [4.78, 5) is 15.3. The van der Waals surface area contributed by atoms with Gasteiger partial charge in [-0.2, -0.15) is 0 Å². The van der Waals surface area contributed by atoms with E-state index in [4.69, 9.17) is 28.3 Å². The third-order valence-electron chi connectivity index (χ3n) is 3.10. The minimum Gasteiger partial charge on any atom is -0.478 e. The predicted molar refractivity (Wildman–Crippen MR) is 94.3 cm³/mol. The zero-order valence-corrected chi connectivity index (χ0v) is 13.9. The third-order valence-corrected chi connectivity index (χ3v) is 4.60. The summed E-state index contributed by atoms with van der Waals surface area (Å²) < 4.78 is 0. The number of carbonyl (C=O) groups is 1. The molecule has 3 aromatic rings. The van der Waals surface area contributed by atoms with Crippen molar-refractivity contribution < 1.29 is 9.90 Å². The second kappa shape index (κ2) is 6.58. The quantitative estimate of drug-likeness (QED) is 0.636. The summed E-state index contributed by atoms with van der Waals surface area (Å²) in [5, 5.41) is 15.6. The molecule has 1 heterocycles. The van der Waals surface area contributed by atoms with Gasteiger partial charge in [0.25, 0.3) is 0 Å². The second-order valence-electron chi connectivity index (χ2n) is 4.67. The molecule has 7 heteroatoms. The monoisotopic (exact) mass is 364 g/mol. The van der Waals surface area contributed by atoms with E-state index >= 15 is 0 Å². The van der Waals surface area contributed by atoms with Crippen molar-refractivity contribution in [2.45, 2.75) is 0 Å². The molecule has 2 N–H and O–H groups in total. The van der Waals surface area contributed by atoms with Crippen LogP contribution in [0, 0.1) is 0 Å². The Labute approximate surface area is 146 Å². The molecular formula is C16H10Cl2N2O2S. The van der Waals surface area contributed by atoms with Crippen LogP contribution in [0.1, 0.15) is 10.4 Å². The molecule has 0 unspecified atom stereocenters. The number of rotatable bonds is 4. The summed E-state index contributed by atoms with van der Waals surface area (Å²) >= 11 is 13.4. The van der Waals surface area contributed by atoms with Crippen LogP contribution in [-0.2, 0) is 0 Å². The van der Waals surface area contributed by atoms with Crippen LogP contribution in [0.5, 0.6) is 0 Å². The summed E-state index contributed by atoms with van der Waals surface area (Å²) in [6.45, 7) is 0. The van der Waals surface area contributed by atoms with Gasteiger partial charge in [0.05, 0.1) is 21.3 Å². The van der Waals surface area contributed by atoms with E-state index < -0.39 is 5.97 Å². The van der Waals surface area contributed by atoms with Crippen LogP contribution in [0.2, 0.25) is 10.0 Å². The lowest BCUT2D eigenvalue weighted by molar-refractivity contribution is 0.0697. The molecule has 0 atom stereocenters. The highest BCUT2D eigenvalue weighted by molar-refractivity contribution is 7.14. The van der Waals surface area contributed by atoms with E-state index in [2.05, 4.69) is 10.3 Å². The molecule has 0 saturated heterocycles. The van der Waals surface area contributed by atoms with Crippen molar-refractivity contribution >= 4 is 51.3 Å². The molecule has 3 rings (SSSR count). The first-order chi connectivity index (χ1) is 11.0. The minimum atomic E-state index is -0.951. The van der Waals surface area contributed by atoms with E-state index in [0.29, 0.717) is 15.2 Å². The van der Waals surface area contributed by atoms with E-state index in [0.717, 1.165) is 16.9 Å². The number of nitrogens with zero attached hydrogens (tertiary/aromatic N) is 1. The maximum absolute atomic E-state index is 10.8. The Bertz CT molecular complexity index is 863. The summed E-state index contributed by atoms with van der Waals surface area (Å²) in [7, 11) is 0. The molecule has 0 fully saturated rings. The van der Waals surface area contributed by atoms with Crippen LogP contribution < -0.4 is 5.32 Å². The van der Waals surface area contributed by atoms with Gasteiger partial charge in [0.2, 0.25) is 0 Å². The molecule has 0 saturated carbocycles. The molecular weight excluding hydrogens is 355 g/mol. The smallest absolute Gasteiger partial charge is 0.335 e. The first-order valence-corrected chi connectivity index (χ1v) is 8.18. The van der Waals surface area contributed by atoms with Gasteiger partial charge in [-0.25, -0.2) is 9.78 Å². The summed E-state index contributed by atoms with van der Waals surface area (Å²) in [5.74, 6) is -0.951. The number of hydrogen-bond donors (Lipinski definition) is 2. The number of halogens is 2. The van der Waals surface area contributed by atoms with E-state index in [1.165, 1.54) is 23.5 Å². The number of benzene rings is 2. The van der Waals surface area contributed by atoms with Crippen LogP contribution in [0.4, 0.5) is 10.8 Å². The zero-order chi connectivity index (χ0) is 16.4. The Morgan fingerprint density at radius 1 is 1.09 bits per heavy atom. The average Bonchev–Trinajstić information content (AvgIpc) is 2.99. The Morgan fingerprint density at radius 3 is 2.48 bits per heavy atom. The van der Waals surface area contributed by atoms with Crippen molar-refractivity contribution in [2.75, 3.05) is 5.32 Å². The van der Waals surface area contributed by atoms with Gasteiger partial charge in [-0.05, 0) is 36.4 Å². The number of aromatic carboxylic acids is 1. The molecule has 23 heavy (non-hydrogen) atoms. The molecule has 1 aromatic heterocycles. The molecule has 2 aromatic carbocycles. The second-order valence-corrected chi connectivity index (χ2v) is 6.35. The molecule has 0 radical (unpaired) electrons. The summed E-state index contributed by atoms with van der Waals surface area (Å²) in [5.41, 5.74) is 2.68. The zero-order valence-electron chi connectivity index (χ0n) is 11.6. The maximum Gasteiger partial charge on any atom is 0.335 e. The molecule has 0 amide bonds. The van der Waals surface area contributed by atoms with Gasteiger partial charge in [-0.15, -0.1) is 11.3 Å². The number of nitrogens with one attached hydrogen (secondary N) is 1. The summed E-state index contributed by atoms with van der Waals surface area (Å²) in [6.07, 6.45) is 0. The van der Waals surface area contributed by atoms with Gasteiger partial charge >= 0.3 is 5.97 Å². The number of hydrogen-bond acceptors (Lipinski definition) is 4. The van der Waals surface area contributed by atoms with Gasteiger partial charge in [0.1, 0.15) is 0 Å². The average molecular weight is 365 g/mol. The standard InChI is InChI=1S/C16H10Cl2N2O2S/c17-12-6-3-10(7-13(12)18)14-8-23-16(20-14)19-11-4-1-9(2-5-11)15(21)22/h1-8H,(H,19,20)(H,21,22). The number of aromatic nitrogens is 1. The van der Waals surface area contributed by atoms with E-state index in [1.54, 1.807) is 24.3 Å². The Hall–Kier alpha value is -2.08. The Kier molecular flexibility index (Phi) is 4.52. The largest absolute Gasteiger partial charge is 0.478 e. The van der Waals surface area contributed by atoms with Gasteiger partial charge in [0.15, 0.2) is 5.13 Å². The highest BCUT2D eigenvalue weighted by Crippen LogP contribution is 2.31. The SMILES string of the molecule is O=C(O)c1ccc(Nc2nc(-c3ccc(Cl)c(Cl)c3)cs2)cc1. The van der Waals surface area contributed by atoms with Crippen molar-refractivity contribution in [1.29, 1.82) is 0 Å². The maximum atomic E-state index is 10.8. The number of carboxylic acids is 1. The van der Waals surface area contributed by atoms with E-state index in [9.17, 15) is 4.79 Å². The van der Waals surface area contributed by atoms with Crippen molar-refractivity contribution in [3.05, 3.63) is 63.5 Å². The third kappa shape index (κ3) is 3.64. The van der Waals surface area contributed by atoms with Crippen molar-refractivity contribution in [3.8, 4) is 11.3 Å². The van der Waals surface area contributed by atoms with Crippen molar-refractivity contribution in [3.63, 3.8) is 0 Å². The molecule has 0 bridgehead atoms. The van der Waals surface area contributed by atoms with Gasteiger partial charge in [-0.3, -0.25) is 0 Å². The first-order valence-electron chi connectivity index (χ1n) is 6.54. The number of anilines is 2. The Morgan fingerprint density at radius 2 is 1.83 bits per heavy atom. The van der Waals surface area contributed by atoms with E-state index in [-0.39, 0.29) is 5.56 Å². The normalized spacial score (nSPS) is 10.5. The fraction of sp³-hybridized carbons (Fsp3) is 0. The lowest BCUT2D eigenvalue weighted by Gasteiger charge is -2.03. The van der Waals surface area contributed by atoms with Crippen LogP contribution in [0.3, 0.4) is 0 Å². The molecule has 0 aliphatic carbocycles. The van der Waals surface area contributed by atoms with Gasteiger partial charge < -0.3 is 10.4 Å². The molecule has 4 nitrogen and oxygen atoms in total. The van der Waals surface area contributed by atoms with Crippen molar-refractivity contribution in [2.24, 2.45) is 0 Å². The van der Waals surface area contributed by atoms with Gasteiger partial charge in [-0.1, -0.05) is 29.3 Å². The fourth-order valence-corrected chi connectivity index (χ4v) is 2.98. The topological polar surface area (TPSA) is 62.2 Å². The first kappa shape index (κ1) is 15.8. The van der Waals surface area contributed by atoms with Crippen LogP contribution in [0.25, 0.3) is 11.3 Å². The van der Waals surface area contributed by atoms with Crippen LogP contribution in [0.15, 0.2) is 47.8 Å². The molecule has 0 aliphatic heterocycles. The summed E-state index contributed by atoms with van der Waals surface area (Å²) in [6, 6.07) is 11.8. The molecule has 116 valence electrons. The van der Waals surface area contributed by atoms with Crippen molar-refractivity contribution in [1.82, 2.24) is 4.98 Å². The lowest BCUT2D eigenvalue weighted by Crippen LogP contribution is -1.96. The molecule has 0 spiro atoms. The van der Waals surface area contributed by atoms with Crippen LogP contribution >= 0.6 is 34.5 Å². The Balaban J connectivity index is 1.79. The molecule has 0 aliphatic rings.